The van der Waals surface area contributed by atoms with Gasteiger partial charge >= 0.3 is 0 Å². The van der Waals surface area contributed by atoms with Crippen LogP contribution in [0.3, 0.4) is 0 Å². The molecule has 3 rings (SSSR count). The Morgan fingerprint density at radius 2 is 2.04 bits per heavy atom. The predicted octanol–water partition coefficient (Wildman–Crippen LogP) is 4.39. The molecule has 0 saturated carbocycles. The molecule has 3 aromatic rings. The van der Waals surface area contributed by atoms with E-state index in [9.17, 15) is 19.3 Å². The zero-order chi connectivity index (χ0) is 16.6. The molecule has 1 heterocycles. The number of hydrogen-bond donors (Lipinski definition) is 1. The third kappa shape index (κ3) is 2.86. The van der Waals surface area contributed by atoms with Gasteiger partial charge in [-0.15, -0.1) is 0 Å². The fourth-order valence-corrected chi connectivity index (χ4v) is 2.26. The van der Waals surface area contributed by atoms with Crippen LogP contribution in [-0.2, 0) is 0 Å². The quantitative estimate of drug-likeness (QED) is 0.568. The average Bonchev–Trinajstić information content (AvgIpc) is 2.94. The van der Waals surface area contributed by atoms with Gasteiger partial charge in [-0.05, 0) is 24.3 Å². The zero-order valence-corrected chi connectivity index (χ0v) is 12.1. The molecule has 0 bridgehead atoms. The van der Waals surface area contributed by atoms with Gasteiger partial charge in [-0.3, -0.25) is 14.9 Å². The maximum absolute atomic E-state index is 13.1. The van der Waals surface area contributed by atoms with Crippen LogP contribution in [0.15, 0.2) is 47.1 Å². The molecule has 0 aliphatic carbocycles. The summed E-state index contributed by atoms with van der Waals surface area (Å²) in [7, 11) is 0. The van der Waals surface area contributed by atoms with Crippen molar-refractivity contribution in [2.24, 2.45) is 0 Å². The van der Waals surface area contributed by atoms with Crippen molar-refractivity contribution < 1.29 is 18.5 Å². The Morgan fingerprint density at radius 3 is 2.74 bits per heavy atom. The molecule has 116 valence electrons. The van der Waals surface area contributed by atoms with Crippen LogP contribution >= 0.6 is 11.6 Å². The maximum atomic E-state index is 13.1. The number of halogens is 2. The van der Waals surface area contributed by atoms with Crippen LogP contribution in [0.4, 0.5) is 15.8 Å². The number of amides is 1. The van der Waals surface area contributed by atoms with E-state index in [1.54, 1.807) is 0 Å². The Bertz CT molecular complexity index is 938. The summed E-state index contributed by atoms with van der Waals surface area (Å²) in [5.41, 5.74) is 0.612. The number of nitro benzene ring substituents is 1. The number of fused-ring (bicyclic) bond motifs is 1. The molecule has 1 N–H and O–H groups in total. The number of nitro groups is 1. The first-order chi connectivity index (χ1) is 11.0. The lowest BCUT2D eigenvalue weighted by atomic mass is 10.1. The molecule has 1 aromatic heterocycles. The Kier molecular flexibility index (Phi) is 3.71. The highest BCUT2D eigenvalue weighted by molar-refractivity contribution is 6.31. The van der Waals surface area contributed by atoms with Crippen molar-refractivity contribution in [1.82, 2.24) is 0 Å². The van der Waals surface area contributed by atoms with Crippen LogP contribution in [0, 0.1) is 15.9 Å². The predicted molar refractivity (Wildman–Crippen MR) is 82.2 cm³/mol. The standard InChI is InChI=1S/C15H8ClFN2O4/c16-12-5-8(1-3-13(12)17)18-15(20)11-7-23-14-4-2-9(19(21)22)6-10(11)14/h1-7H,(H,18,20). The second-order valence-corrected chi connectivity index (χ2v) is 5.08. The van der Waals surface area contributed by atoms with Crippen LogP contribution in [0.5, 0.6) is 0 Å². The molecule has 0 aliphatic rings. The highest BCUT2D eigenvalue weighted by atomic mass is 35.5. The van der Waals surface area contributed by atoms with Gasteiger partial charge in [0.05, 0.1) is 15.5 Å². The Balaban J connectivity index is 1.95. The smallest absolute Gasteiger partial charge is 0.270 e. The van der Waals surface area contributed by atoms with Gasteiger partial charge in [0.15, 0.2) is 0 Å². The van der Waals surface area contributed by atoms with Gasteiger partial charge in [0.2, 0.25) is 0 Å². The fourth-order valence-electron chi connectivity index (χ4n) is 2.08. The van der Waals surface area contributed by atoms with Gasteiger partial charge < -0.3 is 9.73 Å². The van der Waals surface area contributed by atoms with E-state index in [1.807, 2.05) is 0 Å². The summed E-state index contributed by atoms with van der Waals surface area (Å²) in [5, 5.41) is 13.5. The number of benzene rings is 2. The molecule has 2 aromatic carbocycles. The largest absolute Gasteiger partial charge is 0.463 e. The van der Waals surface area contributed by atoms with Gasteiger partial charge in [-0.1, -0.05) is 11.6 Å². The number of anilines is 1. The van der Waals surface area contributed by atoms with Gasteiger partial charge in [-0.2, -0.15) is 0 Å². The van der Waals surface area contributed by atoms with Crippen LogP contribution in [0.2, 0.25) is 5.02 Å². The van der Waals surface area contributed by atoms with E-state index in [1.165, 1.54) is 36.6 Å². The number of hydrogen-bond acceptors (Lipinski definition) is 4. The summed E-state index contributed by atoms with van der Waals surface area (Å²) < 4.78 is 18.3. The molecular weight excluding hydrogens is 327 g/mol. The van der Waals surface area contributed by atoms with Crippen molar-refractivity contribution in [2.75, 3.05) is 5.32 Å². The SMILES string of the molecule is O=C(Nc1ccc(F)c(Cl)c1)c1coc2ccc([N+](=O)[O-])cc12. The van der Waals surface area contributed by atoms with Crippen molar-refractivity contribution in [3.63, 3.8) is 0 Å². The highest BCUT2D eigenvalue weighted by Crippen LogP contribution is 2.27. The van der Waals surface area contributed by atoms with Crippen LogP contribution in [-0.4, -0.2) is 10.8 Å². The number of furan rings is 1. The number of nitrogens with one attached hydrogen (secondary N) is 1. The minimum absolute atomic E-state index is 0.129. The van der Waals surface area contributed by atoms with E-state index < -0.39 is 16.6 Å². The van der Waals surface area contributed by atoms with E-state index in [-0.39, 0.29) is 16.3 Å². The Hall–Kier alpha value is -2.93. The monoisotopic (exact) mass is 334 g/mol. The molecule has 0 spiro atoms. The van der Waals surface area contributed by atoms with E-state index >= 15 is 0 Å². The van der Waals surface area contributed by atoms with E-state index in [4.69, 9.17) is 16.0 Å². The number of carbonyl (C=O) groups excluding carboxylic acids is 1. The number of non-ortho nitro benzene ring substituents is 1. The summed E-state index contributed by atoms with van der Waals surface area (Å²) in [6, 6.07) is 7.69. The van der Waals surface area contributed by atoms with E-state index in [2.05, 4.69) is 5.32 Å². The molecular formula is C15H8ClFN2O4. The minimum Gasteiger partial charge on any atom is -0.463 e. The van der Waals surface area contributed by atoms with Gasteiger partial charge in [0, 0.05) is 23.2 Å². The average molecular weight is 335 g/mol. The van der Waals surface area contributed by atoms with Gasteiger partial charge in [0.1, 0.15) is 17.7 Å². The lowest BCUT2D eigenvalue weighted by molar-refractivity contribution is -0.384. The first kappa shape index (κ1) is 15.0. The van der Waals surface area contributed by atoms with Crippen LogP contribution in [0.1, 0.15) is 10.4 Å². The summed E-state index contributed by atoms with van der Waals surface area (Å²) in [6.07, 6.45) is 1.20. The number of nitrogens with zero attached hydrogens (tertiary/aromatic N) is 1. The Labute approximate surface area is 133 Å². The molecule has 8 heteroatoms. The summed E-state index contributed by atoms with van der Waals surface area (Å²) in [5.74, 6) is -1.15. The van der Waals surface area contributed by atoms with Crippen molar-refractivity contribution in [2.45, 2.75) is 0 Å². The highest BCUT2D eigenvalue weighted by Gasteiger charge is 2.17. The summed E-state index contributed by atoms with van der Waals surface area (Å²) >= 11 is 5.65. The third-order valence-corrected chi connectivity index (χ3v) is 3.48. The maximum Gasteiger partial charge on any atom is 0.270 e. The zero-order valence-electron chi connectivity index (χ0n) is 11.4. The summed E-state index contributed by atoms with van der Waals surface area (Å²) in [4.78, 5) is 22.6. The first-order valence-corrected chi connectivity index (χ1v) is 6.75. The second-order valence-electron chi connectivity index (χ2n) is 4.67. The van der Waals surface area contributed by atoms with Gasteiger partial charge in [-0.25, -0.2) is 4.39 Å². The topological polar surface area (TPSA) is 85.4 Å². The van der Waals surface area contributed by atoms with E-state index in [0.717, 1.165) is 6.07 Å². The molecule has 0 saturated heterocycles. The number of rotatable bonds is 3. The summed E-state index contributed by atoms with van der Waals surface area (Å²) in [6.45, 7) is 0. The molecule has 6 nitrogen and oxygen atoms in total. The molecule has 0 radical (unpaired) electrons. The van der Waals surface area contributed by atoms with Crippen molar-refractivity contribution in [1.29, 1.82) is 0 Å². The van der Waals surface area contributed by atoms with Crippen LogP contribution in [0.25, 0.3) is 11.0 Å². The molecule has 0 aliphatic heterocycles. The van der Waals surface area contributed by atoms with Gasteiger partial charge in [0.25, 0.3) is 11.6 Å². The lowest BCUT2D eigenvalue weighted by Gasteiger charge is -2.04. The minimum atomic E-state index is -0.603. The van der Waals surface area contributed by atoms with Crippen LogP contribution < -0.4 is 5.32 Å². The third-order valence-electron chi connectivity index (χ3n) is 3.19. The molecule has 0 atom stereocenters. The lowest BCUT2D eigenvalue weighted by Crippen LogP contribution is -2.11. The normalized spacial score (nSPS) is 10.7. The Morgan fingerprint density at radius 1 is 1.26 bits per heavy atom. The molecule has 23 heavy (non-hydrogen) atoms. The molecule has 0 unspecified atom stereocenters. The van der Waals surface area contributed by atoms with Crippen molar-refractivity contribution in [3.05, 3.63) is 69.2 Å². The first-order valence-electron chi connectivity index (χ1n) is 6.38. The second kappa shape index (κ2) is 5.69. The molecule has 0 fully saturated rings. The fraction of sp³-hybridized carbons (Fsp3) is 0. The van der Waals surface area contributed by atoms with E-state index in [0.29, 0.717) is 16.7 Å². The number of carbonyl (C=O) groups is 1. The van der Waals surface area contributed by atoms with Crippen molar-refractivity contribution in [3.8, 4) is 0 Å². The van der Waals surface area contributed by atoms with Crippen molar-refractivity contribution >= 4 is 39.9 Å². The molecule has 1 amide bonds.